The van der Waals surface area contributed by atoms with Gasteiger partial charge in [0.25, 0.3) is 0 Å². The van der Waals surface area contributed by atoms with Crippen molar-refractivity contribution in [2.75, 3.05) is 49.1 Å². The van der Waals surface area contributed by atoms with Gasteiger partial charge in [-0.15, -0.1) is 24.5 Å². The van der Waals surface area contributed by atoms with E-state index in [-0.39, 0.29) is 0 Å². The van der Waals surface area contributed by atoms with Crippen molar-refractivity contribution >= 4 is 45.0 Å². The number of piperazine rings is 1. The Labute approximate surface area is 220 Å². The maximum Gasteiger partial charge on any atom is 0.134 e. The zero-order valence-corrected chi connectivity index (χ0v) is 21.3. The van der Waals surface area contributed by atoms with Crippen LogP contribution in [0.5, 0.6) is 0 Å². The van der Waals surface area contributed by atoms with Crippen LogP contribution in [-0.2, 0) is 16.1 Å². The van der Waals surface area contributed by atoms with Crippen LogP contribution in [0.2, 0.25) is 0 Å². The fraction of sp³-hybridized carbons (Fsp3) is 0.259. The highest BCUT2D eigenvalue weighted by molar-refractivity contribution is 7.17. The molecule has 1 fully saturated rings. The quantitative estimate of drug-likeness (QED) is 0.288. The number of carbonyl (C=O) groups is 2. The van der Waals surface area contributed by atoms with Crippen LogP contribution in [0, 0.1) is 0 Å². The maximum atomic E-state index is 9.41. The molecule has 0 N–H and O–H groups in total. The highest BCUT2D eigenvalue weighted by atomic mass is 32.1. The summed E-state index contributed by atoms with van der Waals surface area (Å²) in [7, 11) is 0. The lowest BCUT2D eigenvalue weighted by Crippen LogP contribution is -2.46. The second-order valence-corrected chi connectivity index (χ2v) is 9.19. The number of aromatic nitrogens is 2. The first kappa shape index (κ1) is 27.6. The first-order chi connectivity index (χ1) is 17.9. The van der Waals surface area contributed by atoms with Gasteiger partial charge in [-0.2, -0.15) is 0 Å². The Hall–Kier alpha value is -4.02. The second kappa shape index (κ2) is 13.9. The smallest absolute Gasteiger partial charge is 0.134 e. The van der Waals surface area contributed by atoms with Crippen molar-refractivity contribution in [1.82, 2.24) is 14.9 Å². The molecule has 0 aliphatic carbocycles. The standard InChI is InChI=1S/C23H27N5S.C4H4O4/c1-3-8-27(9-4-2)22-16-23(25-18-24-22)28-12-10-26(11-13-28)17-19-5-6-21-20(15-19)7-14-29-21;5-3(6)1-2-4(7)8/h3-7,14-16,18H,1-2,8-13,17H2;1-2H,(H,5,6)(H,7,8)/p-2/b;2-1+. The first-order valence-corrected chi connectivity index (χ1v) is 12.6. The summed E-state index contributed by atoms with van der Waals surface area (Å²) in [4.78, 5) is 34.8. The van der Waals surface area contributed by atoms with Crippen LogP contribution in [0.15, 0.2) is 79.5 Å². The van der Waals surface area contributed by atoms with Crippen LogP contribution < -0.4 is 20.0 Å². The van der Waals surface area contributed by atoms with Gasteiger partial charge in [0.2, 0.25) is 0 Å². The minimum Gasteiger partial charge on any atom is -0.545 e. The molecule has 3 heterocycles. The van der Waals surface area contributed by atoms with E-state index in [2.05, 4.69) is 73.5 Å². The van der Waals surface area contributed by atoms with Gasteiger partial charge in [-0.1, -0.05) is 18.2 Å². The Morgan fingerprint density at radius 2 is 1.65 bits per heavy atom. The molecule has 0 amide bonds. The number of hydrogen-bond donors (Lipinski definition) is 0. The lowest BCUT2D eigenvalue weighted by molar-refractivity contribution is -0.301. The van der Waals surface area contributed by atoms with Crippen molar-refractivity contribution in [3.8, 4) is 0 Å². The average molecular weight is 520 g/mol. The molecule has 0 atom stereocenters. The van der Waals surface area contributed by atoms with E-state index < -0.39 is 11.9 Å². The molecule has 37 heavy (non-hydrogen) atoms. The number of benzene rings is 1. The van der Waals surface area contributed by atoms with E-state index in [1.807, 2.05) is 12.2 Å². The van der Waals surface area contributed by atoms with Gasteiger partial charge in [0.05, 0.1) is 11.9 Å². The molecule has 0 radical (unpaired) electrons. The molecule has 9 nitrogen and oxygen atoms in total. The Balaban J connectivity index is 0.000000414. The highest BCUT2D eigenvalue weighted by Crippen LogP contribution is 2.23. The van der Waals surface area contributed by atoms with Crippen LogP contribution in [0.1, 0.15) is 5.56 Å². The molecule has 194 valence electrons. The monoisotopic (exact) mass is 519 g/mol. The zero-order chi connectivity index (χ0) is 26.6. The third-order valence-corrected chi connectivity index (χ3v) is 6.53. The molecule has 0 spiro atoms. The first-order valence-electron chi connectivity index (χ1n) is 11.7. The van der Waals surface area contributed by atoms with E-state index in [1.54, 1.807) is 17.7 Å². The maximum absolute atomic E-state index is 9.41. The number of fused-ring (bicyclic) bond motifs is 1. The van der Waals surface area contributed by atoms with Gasteiger partial charge in [-0.25, -0.2) is 9.97 Å². The summed E-state index contributed by atoms with van der Waals surface area (Å²) in [5, 5.41) is 22.3. The number of rotatable bonds is 10. The van der Waals surface area contributed by atoms with Crippen molar-refractivity contribution in [2.24, 2.45) is 0 Å². The summed E-state index contributed by atoms with van der Waals surface area (Å²) >= 11 is 1.80. The molecule has 1 aliphatic heterocycles. The molecule has 4 rings (SSSR count). The molecule has 3 aromatic rings. The second-order valence-electron chi connectivity index (χ2n) is 8.24. The summed E-state index contributed by atoms with van der Waals surface area (Å²) in [5.41, 5.74) is 1.39. The van der Waals surface area contributed by atoms with Gasteiger partial charge in [-0.3, -0.25) is 4.90 Å². The molecular weight excluding hydrogens is 490 g/mol. The molecule has 1 aromatic carbocycles. The molecule has 10 heteroatoms. The van der Waals surface area contributed by atoms with Crippen molar-refractivity contribution in [3.05, 3.63) is 85.1 Å². The Bertz CT molecular complexity index is 1220. The van der Waals surface area contributed by atoms with Gasteiger partial charge in [0, 0.05) is 56.6 Å². The van der Waals surface area contributed by atoms with Crippen LogP contribution >= 0.6 is 11.3 Å². The number of anilines is 2. The number of aliphatic carboxylic acids is 2. The largest absolute Gasteiger partial charge is 0.545 e. The lowest BCUT2D eigenvalue weighted by Gasteiger charge is -2.35. The van der Waals surface area contributed by atoms with Gasteiger partial charge in [-0.05, 0) is 46.7 Å². The molecule has 1 saturated heterocycles. The van der Waals surface area contributed by atoms with Crippen LogP contribution in [0.4, 0.5) is 11.6 Å². The van der Waals surface area contributed by atoms with Crippen molar-refractivity contribution < 1.29 is 19.8 Å². The predicted molar refractivity (Wildman–Crippen MR) is 143 cm³/mol. The van der Waals surface area contributed by atoms with Crippen molar-refractivity contribution in [2.45, 2.75) is 6.54 Å². The van der Waals surface area contributed by atoms with Gasteiger partial charge in [0.15, 0.2) is 0 Å². The van der Waals surface area contributed by atoms with Gasteiger partial charge < -0.3 is 29.6 Å². The molecule has 1 aliphatic rings. The summed E-state index contributed by atoms with van der Waals surface area (Å²) in [6.07, 6.45) is 6.20. The number of carboxylic acids is 2. The van der Waals surface area contributed by atoms with E-state index in [0.717, 1.165) is 57.4 Å². The van der Waals surface area contributed by atoms with E-state index >= 15 is 0 Å². The Morgan fingerprint density at radius 1 is 0.973 bits per heavy atom. The van der Waals surface area contributed by atoms with E-state index in [1.165, 1.54) is 15.6 Å². The summed E-state index contributed by atoms with van der Waals surface area (Å²) < 4.78 is 1.36. The van der Waals surface area contributed by atoms with E-state index in [9.17, 15) is 19.8 Å². The SMILES string of the molecule is C=CCN(CC=C)c1cc(N2CCN(Cc3ccc4sccc4c3)CC2)ncn1.O=C([O-])/C=C/C(=O)[O-]. The minimum atomic E-state index is -1.55. The predicted octanol–water partition coefficient (Wildman–Crippen LogP) is 1.23. The third kappa shape index (κ3) is 8.55. The number of carbonyl (C=O) groups excluding carboxylic acids is 2. The summed E-state index contributed by atoms with van der Waals surface area (Å²) in [6.45, 7) is 14.2. The summed E-state index contributed by atoms with van der Waals surface area (Å²) in [6, 6.07) is 11.1. The molecule has 2 aromatic heterocycles. The minimum absolute atomic E-state index is 0.384. The van der Waals surface area contributed by atoms with Crippen molar-refractivity contribution in [1.29, 1.82) is 0 Å². The molecule has 0 saturated carbocycles. The Kier molecular flexibility index (Phi) is 10.4. The number of thiophene rings is 1. The fourth-order valence-electron chi connectivity index (χ4n) is 3.90. The van der Waals surface area contributed by atoms with Crippen LogP contribution in [0.25, 0.3) is 10.1 Å². The molecular formula is C27H29N5O4S-2. The summed E-state index contributed by atoms with van der Waals surface area (Å²) in [5.74, 6) is -1.18. The van der Waals surface area contributed by atoms with E-state index in [4.69, 9.17) is 0 Å². The number of nitrogens with zero attached hydrogens (tertiary/aromatic N) is 5. The van der Waals surface area contributed by atoms with Crippen molar-refractivity contribution in [3.63, 3.8) is 0 Å². The van der Waals surface area contributed by atoms with Crippen LogP contribution in [-0.4, -0.2) is 66.1 Å². The normalized spacial score (nSPS) is 13.7. The molecule has 0 unspecified atom stereocenters. The fourth-order valence-corrected chi connectivity index (χ4v) is 4.67. The van der Waals surface area contributed by atoms with Gasteiger partial charge >= 0.3 is 0 Å². The third-order valence-electron chi connectivity index (χ3n) is 5.64. The zero-order valence-electron chi connectivity index (χ0n) is 20.5. The van der Waals surface area contributed by atoms with Crippen LogP contribution in [0.3, 0.4) is 0 Å². The Morgan fingerprint density at radius 3 is 2.27 bits per heavy atom. The van der Waals surface area contributed by atoms with E-state index in [0.29, 0.717) is 12.2 Å². The average Bonchev–Trinajstić information content (AvgIpc) is 3.36. The number of hydrogen-bond acceptors (Lipinski definition) is 10. The molecule has 0 bridgehead atoms. The number of carboxylic acid groups (broad SMARTS) is 2. The van der Waals surface area contributed by atoms with Gasteiger partial charge in [0.1, 0.15) is 18.0 Å². The highest BCUT2D eigenvalue weighted by Gasteiger charge is 2.19. The topological polar surface area (TPSA) is 116 Å². The lowest BCUT2D eigenvalue weighted by atomic mass is 10.1.